The van der Waals surface area contributed by atoms with E-state index in [1.54, 1.807) is 0 Å². The summed E-state index contributed by atoms with van der Waals surface area (Å²) in [5, 5.41) is 16.3. The van der Waals surface area contributed by atoms with E-state index < -0.39 is 11.5 Å². The molecular weight excluding hydrogens is 206 g/mol. The van der Waals surface area contributed by atoms with Crippen molar-refractivity contribution in [2.75, 3.05) is 0 Å². The second-order valence-electron chi connectivity index (χ2n) is 5.59. The second-order valence-corrected chi connectivity index (χ2v) is 5.59. The summed E-state index contributed by atoms with van der Waals surface area (Å²) < 4.78 is 0. The first kappa shape index (κ1) is 11.1. The van der Waals surface area contributed by atoms with Gasteiger partial charge in [-0.2, -0.15) is 5.10 Å². The highest BCUT2D eigenvalue weighted by atomic mass is 16.4. The van der Waals surface area contributed by atoms with Crippen LogP contribution in [0.3, 0.4) is 0 Å². The molecule has 1 aliphatic rings. The molecule has 0 aliphatic heterocycles. The number of aromatic amines is 1. The fourth-order valence-electron chi connectivity index (χ4n) is 2.20. The van der Waals surface area contributed by atoms with Crippen LogP contribution in [0.25, 0.3) is 0 Å². The van der Waals surface area contributed by atoms with Gasteiger partial charge in [0.25, 0.3) is 0 Å². The van der Waals surface area contributed by atoms with Crippen LogP contribution in [0.4, 0.5) is 0 Å². The number of carboxylic acid groups (broad SMARTS) is 1. The van der Waals surface area contributed by atoms with E-state index in [1.807, 2.05) is 0 Å². The Morgan fingerprint density at radius 1 is 1.50 bits per heavy atom. The molecule has 1 aromatic rings. The average molecular weight is 223 g/mol. The fraction of sp³-hybridized carbons (Fsp3) is 0.636. The summed E-state index contributed by atoms with van der Waals surface area (Å²) in [4.78, 5) is 11.1. The van der Waals surface area contributed by atoms with Crippen LogP contribution in [0.5, 0.6) is 0 Å². The number of aromatic nitrogens is 2. The van der Waals surface area contributed by atoms with Gasteiger partial charge >= 0.3 is 5.97 Å². The molecular formula is C11H17N3O2. The minimum Gasteiger partial charge on any atom is -0.480 e. The van der Waals surface area contributed by atoms with Crippen LogP contribution in [0, 0.1) is 0 Å². The lowest BCUT2D eigenvalue weighted by Crippen LogP contribution is -2.49. The summed E-state index contributed by atoms with van der Waals surface area (Å²) in [5.74, 6) is -0.947. The highest BCUT2D eigenvalue weighted by Gasteiger charge is 2.44. The summed E-state index contributed by atoms with van der Waals surface area (Å²) in [7, 11) is 0. The van der Waals surface area contributed by atoms with Crippen molar-refractivity contribution in [3.8, 4) is 0 Å². The smallest absolute Gasteiger partial charge is 0.324 e. The van der Waals surface area contributed by atoms with E-state index in [9.17, 15) is 4.79 Å². The van der Waals surface area contributed by atoms with Crippen LogP contribution in [0.2, 0.25) is 0 Å². The van der Waals surface area contributed by atoms with E-state index in [0.717, 1.165) is 17.0 Å². The number of nitrogens with one attached hydrogen (secondary N) is 1. The van der Waals surface area contributed by atoms with Crippen molar-refractivity contribution in [2.45, 2.75) is 44.6 Å². The van der Waals surface area contributed by atoms with Crippen LogP contribution in [0.15, 0.2) is 0 Å². The van der Waals surface area contributed by atoms with E-state index in [-0.39, 0.29) is 5.41 Å². The normalized spacial score (nSPS) is 24.5. The Balaban J connectivity index is 2.40. The summed E-state index contributed by atoms with van der Waals surface area (Å²) in [5.41, 5.74) is 7.39. The zero-order chi connectivity index (χ0) is 12.1. The van der Waals surface area contributed by atoms with Gasteiger partial charge < -0.3 is 10.8 Å². The number of aliphatic carboxylic acids is 1. The molecule has 4 N–H and O–H groups in total. The zero-order valence-electron chi connectivity index (χ0n) is 9.79. The molecule has 1 heterocycles. The third kappa shape index (κ3) is 1.51. The average Bonchev–Trinajstić information content (AvgIpc) is 2.58. The van der Waals surface area contributed by atoms with Crippen molar-refractivity contribution in [1.82, 2.24) is 10.2 Å². The lowest BCUT2D eigenvalue weighted by atomic mass is 9.87. The molecule has 0 amide bonds. The summed E-state index contributed by atoms with van der Waals surface area (Å²) in [6.45, 7) is 6.17. The van der Waals surface area contributed by atoms with Gasteiger partial charge in [0.2, 0.25) is 0 Å². The third-order valence-corrected chi connectivity index (χ3v) is 3.07. The SMILES string of the molecule is CC(C)(C)c1n[nH]c2c1CC(N)(C(=O)O)C2. The predicted molar refractivity (Wildman–Crippen MR) is 59.2 cm³/mol. The number of H-pyrrole nitrogens is 1. The second kappa shape index (κ2) is 3.07. The number of carboxylic acids is 1. The maximum Gasteiger partial charge on any atom is 0.324 e. The number of fused-ring (bicyclic) bond motifs is 1. The third-order valence-electron chi connectivity index (χ3n) is 3.07. The number of carbonyl (C=O) groups is 1. The van der Waals surface area contributed by atoms with Gasteiger partial charge in [-0.05, 0) is 5.56 Å². The summed E-state index contributed by atoms with van der Waals surface area (Å²) in [6.07, 6.45) is 0.696. The first-order valence-corrected chi connectivity index (χ1v) is 5.33. The maximum absolute atomic E-state index is 11.1. The molecule has 88 valence electrons. The lowest BCUT2D eigenvalue weighted by molar-refractivity contribution is -0.143. The summed E-state index contributed by atoms with van der Waals surface area (Å²) >= 11 is 0. The molecule has 0 radical (unpaired) electrons. The fourth-order valence-corrected chi connectivity index (χ4v) is 2.20. The minimum absolute atomic E-state index is 0.0894. The maximum atomic E-state index is 11.1. The molecule has 1 aliphatic carbocycles. The highest BCUT2D eigenvalue weighted by molar-refractivity contribution is 5.81. The van der Waals surface area contributed by atoms with Gasteiger partial charge in [-0.15, -0.1) is 0 Å². The number of hydrogen-bond acceptors (Lipinski definition) is 3. The first-order chi connectivity index (χ1) is 7.24. The molecule has 0 spiro atoms. The van der Waals surface area contributed by atoms with Crippen molar-refractivity contribution in [3.63, 3.8) is 0 Å². The molecule has 0 aromatic carbocycles. The van der Waals surface area contributed by atoms with Crippen LogP contribution in [-0.2, 0) is 23.1 Å². The largest absolute Gasteiger partial charge is 0.480 e. The van der Waals surface area contributed by atoms with Gasteiger partial charge in [0.15, 0.2) is 0 Å². The van der Waals surface area contributed by atoms with Crippen LogP contribution in [-0.4, -0.2) is 26.8 Å². The van der Waals surface area contributed by atoms with E-state index in [1.165, 1.54) is 0 Å². The number of rotatable bonds is 1. The molecule has 2 rings (SSSR count). The lowest BCUT2D eigenvalue weighted by Gasteiger charge is -2.20. The number of nitrogens with two attached hydrogens (primary N) is 1. The molecule has 0 bridgehead atoms. The Bertz CT molecular complexity index is 445. The standard InChI is InChI=1S/C11H17N3O2/c1-10(2,3)8-6-4-11(12,9(15)16)5-7(6)13-14-8/h4-5,12H2,1-3H3,(H,13,14)(H,15,16). The Labute approximate surface area is 94.0 Å². The molecule has 0 saturated carbocycles. The van der Waals surface area contributed by atoms with Gasteiger partial charge in [0.1, 0.15) is 5.54 Å². The number of nitrogens with zero attached hydrogens (tertiary/aromatic N) is 1. The van der Waals surface area contributed by atoms with Gasteiger partial charge in [0.05, 0.1) is 5.69 Å². The van der Waals surface area contributed by atoms with Gasteiger partial charge in [-0.25, -0.2) is 0 Å². The minimum atomic E-state index is -1.16. The topological polar surface area (TPSA) is 92.0 Å². The Morgan fingerprint density at radius 2 is 2.12 bits per heavy atom. The molecule has 5 heteroatoms. The first-order valence-electron chi connectivity index (χ1n) is 5.33. The van der Waals surface area contributed by atoms with Crippen LogP contribution < -0.4 is 5.73 Å². The van der Waals surface area contributed by atoms with E-state index >= 15 is 0 Å². The monoisotopic (exact) mass is 223 g/mol. The molecule has 5 nitrogen and oxygen atoms in total. The van der Waals surface area contributed by atoms with E-state index in [0.29, 0.717) is 12.8 Å². The van der Waals surface area contributed by atoms with Crippen molar-refractivity contribution in [1.29, 1.82) is 0 Å². The summed E-state index contributed by atoms with van der Waals surface area (Å²) in [6, 6.07) is 0. The van der Waals surface area contributed by atoms with Crippen molar-refractivity contribution < 1.29 is 9.90 Å². The quantitative estimate of drug-likeness (QED) is 0.649. The van der Waals surface area contributed by atoms with Crippen molar-refractivity contribution >= 4 is 5.97 Å². The Kier molecular flexibility index (Phi) is 2.14. The van der Waals surface area contributed by atoms with Gasteiger partial charge in [-0.1, -0.05) is 20.8 Å². The Hall–Kier alpha value is -1.36. The van der Waals surface area contributed by atoms with Crippen LogP contribution in [0.1, 0.15) is 37.7 Å². The molecule has 16 heavy (non-hydrogen) atoms. The molecule has 1 unspecified atom stereocenters. The molecule has 1 aromatic heterocycles. The molecule has 0 saturated heterocycles. The van der Waals surface area contributed by atoms with Crippen molar-refractivity contribution in [2.24, 2.45) is 5.73 Å². The van der Waals surface area contributed by atoms with Gasteiger partial charge in [0, 0.05) is 24.0 Å². The van der Waals surface area contributed by atoms with Gasteiger partial charge in [-0.3, -0.25) is 9.89 Å². The highest BCUT2D eigenvalue weighted by Crippen LogP contribution is 2.34. The van der Waals surface area contributed by atoms with Crippen molar-refractivity contribution in [3.05, 3.63) is 17.0 Å². The van der Waals surface area contributed by atoms with E-state index in [2.05, 4.69) is 31.0 Å². The Morgan fingerprint density at radius 3 is 2.62 bits per heavy atom. The predicted octanol–water partition coefficient (Wildman–Crippen LogP) is 0.588. The zero-order valence-corrected chi connectivity index (χ0v) is 9.79. The molecule has 0 fully saturated rings. The van der Waals surface area contributed by atoms with E-state index in [4.69, 9.17) is 10.8 Å². The van der Waals surface area contributed by atoms with Crippen LogP contribution >= 0.6 is 0 Å². The number of hydrogen-bond donors (Lipinski definition) is 3. The molecule has 1 atom stereocenters.